The van der Waals surface area contributed by atoms with Crippen LogP contribution < -0.4 is 14.8 Å². The van der Waals surface area contributed by atoms with Gasteiger partial charge in [0.1, 0.15) is 13.2 Å². The van der Waals surface area contributed by atoms with Gasteiger partial charge in [-0.3, -0.25) is 4.79 Å². The summed E-state index contributed by atoms with van der Waals surface area (Å²) in [7, 11) is 0. The lowest BCUT2D eigenvalue weighted by atomic mass is 10.0. The van der Waals surface area contributed by atoms with Crippen LogP contribution in [0.3, 0.4) is 0 Å². The molecule has 2 aromatic rings. The Bertz CT molecular complexity index is 753. The third-order valence-electron chi connectivity index (χ3n) is 4.30. The first-order valence-corrected chi connectivity index (χ1v) is 8.44. The number of benzene rings is 2. The second-order valence-corrected chi connectivity index (χ2v) is 6.82. The molecule has 23 heavy (non-hydrogen) atoms. The van der Waals surface area contributed by atoms with E-state index < -0.39 is 0 Å². The molecule has 0 atom stereocenters. The summed E-state index contributed by atoms with van der Waals surface area (Å²) in [5.41, 5.74) is 1.46. The van der Waals surface area contributed by atoms with E-state index in [9.17, 15) is 4.79 Å². The van der Waals surface area contributed by atoms with Crippen LogP contribution in [0.5, 0.6) is 11.5 Å². The molecule has 118 valence electrons. The van der Waals surface area contributed by atoms with Gasteiger partial charge in [0.15, 0.2) is 11.5 Å². The van der Waals surface area contributed by atoms with Crippen molar-refractivity contribution in [3.8, 4) is 11.5 Å². The smallest absolute Gasteiger partial charge is 0.251 e. The number of amides is 1. The molecule has 1 heterocycles. The minimum absolute atomic E-state index is 0.0510. The minimum atomic E-state index is -0.278. The molecule has 2 aromatic carbocycles. The number of nitrogens with one attached hydrogen (secondary N) is 1. The van der Waals surface area contributed by atoms with Crippen LogP contribution in [0, 0.1) is 0 Å². The van der Waals surface area contributed by atoms with Gasteiger partial charge < -0.3 is 14.8 Å². The van der Waals surface area contributed by atoms with Crippen molar-refractivity contribution in [3.63, 3.8) is 0 Å². The predicted octanol–water partition coefficient (Wildman–Crippen LogP) is 3.64. The van der Waals surface area contributed by atoms with E-state index in [4.69, 9.17) is 9.47 Å². The van der Waals surface area contributed by atoms with Gasteiger partial charge in [0.05, 0.1) is 5.54 Å². The Morgan fingerprint density at radius 2 is 1.70 bits per heavy atom. The predicted molar refractivity (Wildman–Crippen MR) is 90.0 cm³/mol. The quantitative estimate of drug-likeness (QED) is 0.893. The molecule has 1 fully saturated rings. The Labute approximate surface area is 142 Å². The van der Waals surface area contributed by atoms with Crippen LogP contribution in [-0.4, -0.2) is 19.1 Å². The first-order valence-electron chi connectivity index (χ1n) is 7.65. The molecule has 1 saturated carbocycles. The Morgan fingerprint density at radius 1 is 1.00 bits per heavy atom. The van der Waals surface area contributed by atoms with Crippen molar-refractivity contribution < 1.29 is 14.3 Å². The van der Waals surface area contributed by atoms with Crippen molar-refractivity contribution in [2.24, 2.45) is 0 Å². The standard InChI is InChI=1S/C18H16BrNO3/c19-14-4-1-12(2-5-14)17(21)20-18(7-8-18)13-3-6-15-16(11-13)23-10-9-22-15/h1-6,11H,7-10H2,(H,20,21). The van der Waals surface area contributed by atoms with E-state index in [0.717, 1.165) is 34.4 Å². The van der Waals surface area contributed by atoms with E-state index in [1.165, 1.54) is 0 Å². The molecule has 1 aliphatic carbocycles. The van der Waals surface area contributed by atoms with Gasteiger partial charge in [0.25, 0.3) is 5.91 Å². The zero-order valence-electron chi connectivity index (χ0n) is 12.5. The van der Waals surface area contributed by atoms with Crippen LogP contribution in [0.2, 0.25) is 0 Å². The average Bonchev–Trinajstić information content (AvgIpc) is 3.35. The van der Waals surface area contributed by atoms with E-state index >= 15 is 0 Å². The van der Waals surface area contributed by atoms with Crippen LogP contribution >= 0.6 is 15.9 Å². The number of hydrogen-bond donors (Lipinski definition) is 1. The van der Waals surface area contributed by atoms with Gasteiger partial charge in [-0.15, -0.1) is 0 Å². The van der Waals surface area contributed by atoms with Crippen molar-refractivity contribution in [1.29, 1.82) is 0 Å². The SMILES string of the molecule is O=C(NC1(c2ccc3c(c2)OCCO3)CC1)c1ccc(Br)cc1. The monoisotopic (exact) mass is 373 g/mol. The highest BCUT2D eigenvalue weighted by Crippen LogP contribution is 2.48. The number of rotatable bonds is 3. The fraction of sp³-hybridized carbons (Fsp3) is 0.278. The number of halogens is 1. The molecule has 2 aliphatic rings. The molecule has 4 nitrogen and oxygen atoms in total. The largest absolute Gasteiger partial charge is 0.486 e. The number of hydrogen-bond acceptors (Lipinski definition) is 3. The summed E-state index contributed by atoms with van der Waals surface area (Å²) >= 11 is 3.38. The first-order chi connectivity index (χ1) is 11.2. The minimum Gasteiger partial charge on any atom is -0.486 e. The van der Waals surface area contributed by atoms with Crippen molar-refractivity contribution in [2.45, 2.75) is 18.4 Å². The number of carbonyl (C=O) groups is 1. The molecule has 0 bridgehead atoms. The van der Waals surface area contributed by atoms with E-state index in [1.54, 1.807) is 0 Å². The lowest BCUT2D eigenvalue weighted by Crippen LogP contribution is -2.35. The normalized spacial score (nSPS) is 17.4. The fourth-order valence-electron chi connectivity index (χ4n) is 2.84. The Morgan fingerprint density at radius 3 is 2.39 bits per heavy atom. The summed E-state index contributed by atoms with van der Waals surface area (Å²) in [5, 5.41) is 3.18. The summed E-state index contributed by atoms with van der Waals surface area (Å²) in [6, 6.07) is 13.3. The molecular weight excluding hydrogens is 358 g/mol. The summed E-state index contributed by atoms with van der Waals surface area (Å²) in [5.74, 6) is 1.48. The van der Waals surface area contributed by atoms with Gasteiger partial charge >= 0.3 is 0 Å². The zero-order chi connectivity index (χ0) is 15.9. The second kappa shape index (κ2) is 5.57. The van der Waals surface area contributed by atoms with Crippen molar-refractivity contribution >= 4 is 21.8 Å². The highest BCUT2D eigenvalue weighted by atomic mass is 79.9. The molecule has 0 saturated heterocycles. The van der Waals surface area contributed by atoms with Crippen LogP contribution in [0.1, 0.15) is 28.8 Å². The third-order valence-corrected chi connectivity index (χ3v) is 4.83. The molecule has 1 N–H and O–H groups in total. The topological polar surface area (TPSA) is 47.6 Å². The van der Waals surface area contributed by atoms with Gasteiger partial charge in [-0.05, 0) is 54.8 Å². The van der Waals surface area contributed by atoms with E-state index in [1.807, 2.05) is 42.5 Å². The Kier molecular flexibility index (Phi) is 3.53. The number of fused-ring (bicyclic) bond motifs is 1. The Balaban J connectivity index is 1.56. The summed E-state index contributed by atoms with van der Waals surface area (Å²) in [4.78, 5) is 12.5. The van der Waals surface area contributed by atoms with Crippen LogP contribution in [0.25, 0.3) is 0 Å². The van der Waals surface area contributed by atoms with Gasteiger partial charge in [-0.1, -0.05) is 22.0 Å². The van der Waals surface area contributed by atoms with Gasteiger partial charge in [0, 0.05) is 10.0 Å². The summed E-state index contributed by atoms with van der Waals surface area (Å²) in [6.07, 6.45) is 1.88. The van der Waals surface area contributed by atoms with Gasteiger partial charge in [-0.2, -0.15) is 0 Å². The van der Waals surface area contributed by atoms with E-state index in [-0.39, 0.29) is 11.4 Å². The van der Waals surface area contributed by atoms with Crippen molar-refractivity contribution in [1.82, 2.24) is 5.32 Å². The molecular formula is C18H16BrNO3. The fourth-order valence-corrected chi connectivity index (χ4v) is 3.11. The molecule has 5 heteroatoms. The maximum absolute atomic E-state index is 12.5. The molecule has 0 unspecified atom stereocenters. The third kappa shape index (κ3) is 2.81. The van der Waals surface area contributed by atoms with Gasteiger partial charge in [0.2, 0.25) is 0 Å². The summed E-state index contributed by atoms with van der Waals surface area (Å²) < 4.78 is 12.2. The number of ether oxygens (including phenoxy) is 2. The maximum atomic E-state index is 12.5. The lowest BCUT2D eigenvalue weighted by Gasteiger charge is -2.22. The van der Waals surface area contributed by atoms with Gasteiger partial charge in [-0.25, -0.2) is 0 Å². The molecule has 0 aromatic heterocycles. The van der Waals surface area contributed by atoms with E-state index in [2.05, 4.69) is 21.2 Å². The lowest BCUT2D eigenvalue weighted by molar-refractivity contribution is 0.0930. The van der Waals surface area contributed by atoms with Crippen molar-refractivity contribution in [3.05, 3.63) is 58.1 Å². The van der Waals surface area contributed by atoms with Crippen LogP contribution in [0.4, 0.5) is 0 Å². The molecule has 1 aliphatic heterocycles. The molecule has 0 radical (unpaired) electrons. The highest BCUT2D eigenvalue weighted by Gasteiger charge is 2.46. The highest BCUT2D eigenvalue weighted by molar-refractivity contribution is 9.10. The number of carbonyl (C=O) groups excluding carboxylic acids is 1. The van der Waals surface area contributed by atoms with E-state index in [0.29, 0.717) is 18.8 Å². The summed E-state index contributed by atoms with van der Waals surface area (Å²) in [6.45, 7) is 1.15. The van der Waals surface area contributed by atoms with Crippen LogP contribution in [0.15, 0.2) is 46.9 Å². The average molecular weight is 374 g/mol. The molecule has 0 spiro atoms. The molecule has 4 rings (SSSR count). The maximum Gasteiger partial charge on any atom is 0.251 e. The van der Waals surface area contributed by atoms with Crippen LogP contribution in [-0.2, 0) is 5.54 Å². The second-order valence-electron chi connectivity index (χ2n) is 5.90. The Hall–Kier alpha value is -2.01. The molecule has 1 amide bonds. The zero-order valence-corrected chi connectivity index (χ0v) is 14.1. The van der Waals surface area contributed by atoms with Crippen molar-refractivity contribution in [2.75, 3.05) is 13.2 Å². The first kappa shape index (κ1) is 14.6.